The van der Waals surface area contributed by atoms with Gasteiger partial charge in [0.05, 0.1) is 5.75 Å². The van der Waals surface area contributed by atoms with E-state index < -0.39 is 0 Å². The highest BCUT2D eigenvalue weighted by molar-refractivity contribution is 8.01. The normalized spacial score (nSPS) is 10.3. The average Bonchev–Trinajstić information content (AvgIpc) is 2.83. The number of aromatic nitrogens is 2. The summed E-state index contributed by atoms with van der Waals surface area (Å²) in [6.45, 7) is 1.90. The van der Waals surface area contributed by atoms with E-state index in [1.807, 2.05) is 50.2 Å². The van der Waals surface area contributed by atoms with Gasteiger partial charge < -0.3 is 10.2 Å². The van der Waals surface area contributed by atoms with Crippen molar-refractivity contribution in [2.24, 2.45) is 0 Å². The lowest BCUT2D eigenvalue weighted by atomic mass is 10.2. The largest absolute Gasteiger partial charge is 0.378 e. The Kier molecular flexibility index (Phi) is 4.97. The van der Waals surface area contributed by atoms with Crippen molar-refractivity contribution in [3.8, 4) is 0 Å². The van der Waals surface area contributed by atoms with Crippen LogP contribution >= 0.6 is 23.1 Å². The molecule has 0 unspecified atom stereocenters. The third kappa shape index (κ3) is 4.21. The lowest BCUT2D eigenvalue weighted by Gasteiger charge is -2.12. The number of benzene rings is 1. The fourth-order valence-electron chi connectivity index (χ4n) is 1.50. The van der Waals surface area contributed by atoms with Gasteiger partial charge >= 0.3 is 0 Å². The number of rotatable bonds is 5. The molecule has 0 saturated heterocycles. The first-order valence-electron chi connectivity index (χ1n) is 6.05. The third-order valence-electron chi connectivity index (χ3n) is 2.50. The average molecular weight is 308 g/mol. The second-order valence-electron chi connectivity index (χ2n) is 4.37. The lowest BCUT2D eigenvalue weighted by Crippen LogP contribution is -2.14. The Morgan fingerprint density at radius 3 is 2.55 bits per heavy atom. The molecule has 0 aliphatic rings. The van der Waals surface area contributed by atoms with E-state index in [1.54, 1.807) is 0 Å². The first kappa shape index (κ1) is 14.8. The molecule has 0 aliphatic carbocycles. The molecule has 1 N–H and O–H groups in total. The van der Waals surface area contributed by atoms with Crippen LogP contribution in [0.25, 0.3) is 0 Å². The van der Waals surface area contributed by atoms with Crippen LogP contribution in [0.1, 0.15) is 5.01 Å². The molecule has 0 spiro atoms. The molecule has 0 aliphatic heterocycles. The molecule has 1 aromatic heterocycles. The third-order valence-corrected chi connectivity index (χ3v) is 4.47. The predicted octanol–water partition coefficient (Wildman–Crippen LogP) is 2.64. The van der Waals surface area contributed by atoms with Crippen LogP contribution in [-0.4, -0.2) is 36.0 Å². The zero-order valence-corrected chi connectivity index (χ0v) is 13.2. The second-order valence-corrected chi connectivity index (χ2v) is 6.77. The fourth-order valence-corrected chi connectivity index (χ4v) is 3.12. The molecule has 0 radical (unpaired) electrons. The summed E-state index contributed by atoms with van der Waals surface area (Å²) in [6, 6.07) is 7.73. The van der Waals surface area contributed by atoms with Crippen LogP contribution in [0.15, 0.2) is 28.6 Å². The van der Waals surface area contributed by atoms with Gasteiger partial charge in [0.2, 0.25) is 5.91 Å². The smallest absolute Gasteiger partial charge is 0.234 e. The molecule has 1 amide bonds. The maximum absolute atomic E-state index is 11.8. The van der Waals surface area contributed by atoms with Gasteiger partial charge in [-0.25, -0.2) is 0 Å². The Balaban J connectivity index is 1.84. The van der Waals surface area contributed by atoms with Gasteiger partial charge in [0.1, 0.15) is 5.01 Å². The van der Waals surface area contributed by atoms with E-state index in [4.69, 9.17) is 0 Å². The van der Waals surface area contributed by atoms with Crippen LogP contribution in [0.2, 0.25) is 0 Å². The number of thioether (sulfide) groups is 1. The van der Waals surface area contributed by atoms with E-state index in [9.17, 15) is 4.79 Å². The Morgan fingerprint density at radius 2 is 2.00 bits per heavy atom. The monoisotopic (exact) mass is 308 g/mol. The van der Waals surface area contributed by atoms with Crippen LogP contribution < -0.4 is 10.2 Å². The Bertz CT molecular complexity index is 580. The van der Waals surface area contributed by atoms with Gasteiger partial charge in [0.15, 0.2) is 4.34 Å². The molecule has 20 heavy (non-hydrogen) atoms. The fraction of sp³-hybridized carbons (Fsp3) is 0.308. The number of aryl methyl sites for hydroxylation is 1. The number of hydrogen-bond acceptors (Lipinski definition) is 6. The molecule has 0 fully saturated rings. The predicted molar refractivity (Wildman–Crippen MR) is 84.8 cm³/mol. The number of amides is 1. The number of hydrogen-bond donors (Lipinski definition) is 1. The zero-order valence-electron chi connectivity index (χ0n) is 11.6. The summed E-state index contributed by atoms with van der Waals surface area (Å²) in [5.41, 5.74) is 1.90. The van der Waals surface area contributed by atoms with E-state index in [2.05, 4.69) is 15.5 Å². The molecular formula is C13H16N4OS2. The molecule has 2 aromatic rings. The van der Waals surface area contributed by atoms with Crippen LogP contribution in [0.5, 0.6) is 0 Å². The standard InChI is InChI=1S/C13H16N4OS2/c1-9-15-16-13(20-9)19-8-12(18)14-10-4-6-11(7-5-10)17(2)3/h4-7H,8H2,1-3H3,(H,14,18). The van der Waals surface area contributed by atoms with Gasteiger partial charge in [0, 0.05) is 25.5 Å². The van der Waals surface area contributed by atoms with Crippen molar-refractivity contribution in [1.82, 2.24) is 10.2 Å². The van der Waals surface area contributed by atoms with Gasteiger partial charge in [-0.05, 0) is 31.2 Å². The highest BCUT2D eigenvalue weighted by Crippen LogP contribution is 2.22. The maximum Gasteiger partial charge on any atom is 0.234 e. The SMILES string of the molecule is Cc1nnc(SCC(=O)Nc2ccc(N(C)C)cc2)s1. The number of anilines is 2. The van der Waals surface area contributed by atoms with Gasteiger partial charge in [-0.15, -0.1) is 10.2 Å². The van der Waals surface area contributed by atoms with E-state index >= 15 is 0 Å². The van der Waals surface area contributed by atoms with Crippen molar-refractivity contribution in [2.75, 3.05) is 30.1 Å². The topological polar surface area (TPSA) is 58.1 Å². The van der Waals surface area contributed by atoms with Gasteiger partial charge in [-0.1, -0.05) is 23.1 Å². The summed E-state index contributed by atoms with van der Waals surface area (Å²) in [4.78, 5) is 13.8. The Labute approximate surface area is 126 Å². The molecular weight excluding hydrogens is 292 g/mol. The number of carbonyl (C=O) groups is 1. The molecule has 7 heteroatoms. The highest BCUT2D eigenvalue weighted by Gasteiger charge is 2.07. The summed E-state index contributed by atoms with van der Waals surface area (Å²) in [5, 5.41) is 11.7. The van der Waals surface area contributed by atoms with Crippen molar-refractivity contribution in [1.29, 1.82) is 0 Å². The summed E-state index contributed by atoms with van der Waals surface area (Å²) in [6.07, 6.45) is 0. The van der Waals surface area contributed by atoms with Crippen molar-refractivity contribution in [2.45, 2.75) is 11.3 Å². The van der Waals surface area contributed by atoms with Gasteiger partial charge in [0.25, 0.3) is 0 Å². The first-order valence-corrected chi connectivity index (χ1v) is 7.85. The van der Waals surface area contributed by atoms with Crippen molar-refractivity contribution < 1.29 is 4.79 Å². The number of nitrogens with one attached hydrogen (secondary N) is 1. The number of carbonyl (C=O) groups excluding carboxylic acids is 1. The molecule has 1 aromatic carbocycles. The maximum atomic E-state index is 11.8. The molecule has 2 rings (SSSR count). The summed E-state index contributed by atoms with van der Waals surface area (Å²) in [5.74, 6) is 0.296. The van der Waals surface area contributed by atoms with Crippen LogP contribution in [-0.2, 0) is 4.79 Å². The summed E-state index contributed by atoms with van der Waals surface area (Å²) >= 11 is 2.90. The van der Waals surface area contributed by atoms with E-state index in [0.717, 1.165) is 20.7 Å². The minimum Gasteiger partial charge on any atom is -0.378 e. The van der Waals surface area contributed by atoms with Gasteiger partial charge in [-0.3, -0.25) is 4.79 Å². The Hall–Kier alpha value is -1.60. The Morgan fingerprint density at radius 1 is 1.30 bits per heavy atom. The van der Waals surface area contributed by atoms with Crippen molar-refractivity contribution >= 4 is 40.4 Å². The van der Waals surface area contributed by atoms with Crippen LogP contribution in [0.4, 0.5) is 11.4 Å². The van der Waals surface area contributed by atoms with E-state index in [-0.39, 0.29) is 5.91 Å². The lowest BCUT2D eigenvalue weighted by molar-refractivity contribution is -0.113. The molecule has 1 heterocycles. The molecule has 0 atom stereocenters. The molecule has 106 valence electrons. The second kappa shape index (κ2) is 6.71. The number of nitrogens with zero attached hydrogens (tertiary/aromatic N) is 3. The molecule has 5 nitrogen and oxygen atoms in total. The van der Waals surface area contributed by atoms with Gasteiger partial charge in [-0.2, -0.15) is 0 Å². The summed E-state index contributed by atoms with van der Waals surface area (Å²) in [7, 11) is 3.96. The van der Waals surface area contributed by atoms with E-state index in [0.29, 0.717) is 5.75 Å². The van der Waals surface area contributed by atoms with Crippen LogP contribution in [0.3, 0.4) is 0 Å². The first-order chi connectivity index (χ1) is 9.54. The van der Waals surface area contributed by atoms with E-state index in [1.165, 1.54) is 23.1 Å². The summed E-state index contributed by atoms with van der Waals surface area (Å²) < 4.78 is 0.820. The van der Waals surface area contributed by atoms with Crippen molar-refractivity contribution in [3.05, 3.63) is 29.3 Å². The quantitative estimate of drug-likeness (QED) is 0.861. The minimum atomic E-state index is -0.0412. The highest BCUT2D eigenvalue weighted by atomic mass is 32.2. The molecule has 0 bridgehead atoms. The minimum absolute atomic E-state index is 0.0412. The zero-order chi connectivity index (χ0) is 14.5. The molecule has 0 saturated carbocycles. The van der Waals surface area contributed by atoms with Crippen LogP contribution in [0, 0.1) is 6.92 Å². The van der Waals surface area contributed by atoms with Crippen molar-refractivity contribution in [3.63, 3.8) is 0 Å².